The number of unbranched alkanes of at least 4 members (excludes halogenated alkanes) is 2. The molecule has 55 heavy (non-hydrogen) atoms. The summed E-state index contributed by atoms with van der Waals surface area (Å²) in [6.45, 7) is 8.12. The number of nitrogens with zero attached hydrogens (tertiary/aromatic N) is 1. The van der Waals surface area contributed by atoms with E-state index in [9.17, 15) is 40.1 Å². The SMILES string of the molecule is CCCCN(CCCC)c1ccc2c(C)c(/C=C/c3ccc(/C=C/c4ccc(C(=O)Oc5c(F)c(F)c(S(=O)(=O)[O-])c(F)c5F)cc4)cc3)c(=O)oc2c1.[Na+]. The van der Waals surface area contributed by atoms with Gasteiger partial charge in [0.1, 0.15) is 20.6 Å². The van der Waals surface area contributed by atoms with Crippen molar-refractivity contribution in [2.45, 2.75) is 51.3 Å². The van der Waals surface area contributed by atoms with Gasteiger partial charge in [-0.05, 0) is 72.4 Å². The average molecular weight is 786 g/mol. The Labute approximate surface area is 338 Å². The van der Waals surface area contributed by atoms with Crippen molar-refractivity contribution in [1.29, 1.82) is 0 Å². The monoisotopic (exact) mass is 785 g/mol. The molecule has 0 radical (unpaired) electrons. The largest absolute Gasteiger partial charge is 1.00 e. The van der Waals surface area contributed by atoms with Crippen molar-refractivity contribution < 1.29 is 74.0 Å². The third-order valence-corrected chi connectivity index (χ3v) is 9.60. The fourth-order valence-electron chi connectivity index (χ4n) is 5.69. The summed E-state index contributed by atoms with van der Waals surface area (Å²) >= 11 is 0. The van der Waals surface area contributed by atoms with Crippen LogP contribution in [0.2, 0.25) is 0 Å². The molecular formula is C41H36F4NNaO7S. The number of carbonyl (C=O) groups excluding carboxylic acids is 1. The zero-order valence-electron chi connectivity index (χ0n) is 30.6. The van der Waals surface area contributed by atoms with E-state index in [0.717, 1.165) is 66.5 Å². The molecular weight excluding hydrogens is 750 g/mol. The number of aryl methyl sites for hydroxylation is 1. The summed E-state index contributed by atoms with van der Waals surface area (Å²) < 4.78 is 99.9. The Morgan fingerprint density at radius 2 is 1.27 bits per heavy atom. The van der Waals surface area contributed by atoms with E-state index in [1.165, 1.54) is 24.3 Å². The molecule has 1 aromatic heterocycles. The predicted octanol–water partition coefficient (Wildman–Crippen LogP) is 6.53. The Hall–Kier alpha value is -4.53. The number of hydrogen-bond donors (Lipinski definition) is 0. The number of benzene rings is 4. The minimum absolute atomic E-state index is 0. The summed E-state index contributed by atoms with van der Waals surface area (Å²) in [7, 11) is -5.91. The Morgan fingerprint density at radius 3 is 1.76 bits per heavy atom. The topological polar surface area (TPSA) is 117 Å². The van der Waals surface area contributed by atoms with Crippen molar-refractivity contribution >= 4 is 57.0 Å². The Morgan fingerprint density at radius 1 is 0.782 bits per heavy atom. The van der Waals surface area contributed by atoms with E-state index < -0.39 is 55.6 Å². The standard InChI is InChI=1S/C41H37F4NO7S.Na/c1-4-6-22-46(23-7-5-2)30-19-21-31-25(3)32(41(48)52-33(31)24-30)20-16-27-11-8-26(9-12-27)10-13-28-14-17-29(18-15-28)40(47)53-38-34(42)36(44)39(54(49,50)51)37(45)35(38)43;/h8-21,24H,4-7,22-23H2,1-3H3,(H,49,50,51);/q;+1/p-1/b13-10+,20-16+;. The van der Waals surface area contributed by atoms with E-state index in [1.807, 2.05) is 49.4 Å². The number of halogens is 4. The molecule has 5 aromatic rings. The van der Waals surface area contributed by atoms with Crippen LogP contribution in [0.4, 0.5) is 23.2 Å². The second kappa shape index (κ2) is 18.9. The predicted molar refractivity (Wildman–Crippen MR) is 199 cm³/mol. The molecule has 0 atom stereocenters. The first-order valence-electron chi connectivity index (χ1n) is 17.2. The zero-order chi connectivity index (χ0) is 39.2. The van der Waals surface area contributed by atoms with Gasteiger partial charge in [0.15, 0.2) is 11.6 Å². The van der Waals surface area contributed by atoms with Gasteiger partial charge in [-0.15, -0.1) is 0 Å². The van der Waals surface area contributed by atoms with Crippen molar-refractivity contribution in [3.05, 3.63) is 134 Å². The molecule has 282 valence electrons. The molecule has 8 nitrogen and oxygen atoms in total. The summed E-state index contributed by atoms with van der Waals surface area (Å²) in [6.07, 6.45) is 11.4. The maximum atomic E-state index is 14.3. The smallest absolute Gasteiger partial charge is 0.744 e. The molecule has 0 aliphatic rings. The maximum absolute atomic E-state index is 14.3. The normalized spacial score (nSPS) is 11.7. The van der Waals surface area contributed by atoms with Gasteiger partial charge in [0.25, 0.3) is 0 Å². The van der Waals surface area contributed by atoms with Gasteiger partial charge in [-0.25, -0.2) is 26.8 Å². The fraction of sp³-hybridized carbons (Fsp3) is 0.220. The van der Waals surface area contributed by atoms with Gasteiger partial charge in [0.05, 0.1) is 11.1 Å². The molecule has 0 saturated heterocycles. The van der Waals surface area contributed by atoms with Gasteiger partial charge < -0.3 is 18.6 Å². The van der Waals surface area contributed by atoms with E-state index in [4.69, 9.17) is 4.42 Å². The van der Waals surface area contributed by atoms with Crippen molar-refractivity contribution in [3.8, 4) is 5.75 Å². The minimum atomic E-state index is -5.91. The molecule has 0 N–H and O–H groups in total. The van der Waals surface area contributed by atoms with Crippen LogP contribution in [0.25, 0.3) is 35.3 Å². The van der Waals surface area contributed by atoms with Gasteiger partial charge in [-0.1, -0.05) is 81.3 Å². The van der Waals surface area contributed by atoms with Crippen LogP contribution in [-0.4, -0.2) is 32.0 Å². The number of anilines is 1. The van der Waals surface area contributed by atoms with Crippen LogP contribution in [0.3, 0.4) is 0 Å². The van der Waals surface area contributed by atoms with Crippen LogP contribution in [0, 0.1) is 30.2 Å². The molecule has 4 aromatic carbocycles. The van der Waals surface area contributed by atoms with Gasteiger partial charge in [0, 0.05) is 30.2 Å². The van der Waals surface area contributed by atoms with E-state index in [0.29, 0.717) is 16.7 Å². The quantitative estimate of drug-likeness (QED) is 0.0183. The first-order chi connectivity index (χ1) is 25.7. The number of fused-ring (bicyclic) bond motifs is 1. The Bertz CT molecular complexity index is 2380. The molecule has 5 rings (SSSR count). The van der Waals surface area contributed by atoms with Crippen molar-refractivity contribution in [2.24, 2.45) is 0 Å². The van der Waals surface area contributed by atoms with E-state index >= 15 is 0 Å². The molecule has 14 heteroatoms. The summed E-state index contributed by atoms with van der Waals surface area (Å²) in [5.41, 5.74) is 4.47. The summed E-state index contributed by atoms with van der Waals surface area (Å²) in [5, 5.41) is 0.869. The third kappa shape index (κ3) is 10.2. The van der Waals surface area contributed by atoms with E-state index in [1.54, 1.807) is 18.2 Å². The minimum Gasteiger partial charge on any atom is -0.744 e. The van der Waals surface area contributed by atoms with Crippen molar-refractivity contribution in [3.63, 3.8) is 0 Å². The Kier molecular flexibility index (Phi) is 14.8. The summed E-state index contributed by atoms with van der Waals surface area (Å²) in [4.78, 5) is 25.5. The molecule has 0 fully saturated rings. The van der Waals surface area contributed by atoms with Crippen LogP contribution >= 0.6 is 0 Å². The molecule has 0 spiro atoms. The van der Waals surface area contributed by atoms with Crippen LogP contribution in [0.15, 0.2) is 80.8 Å². The molecule has 0 aliphatic heterocycles. The van der Waals surface area contributed by atoms with Gasteiger partial charge in [0.2, 0.25) is 17.4 Å². The first-order valence-corrected chi connectivity index (χ1v) is 18.6. The number of esters is 1. The van der Waals surface area contributed by atoms with Crippen LogP contribution in [-0.2, 0) is 10.1 Å². The van der Waals surface area contributed by atoms with Crippen LogP contribution in [0.1, 0.15) is 77.7 Å². The first kappa shape index (κ1) is 43.2. The average Bonchev–Trinajstić information content (AvgIpc) is 3.14. The molecule has 0 saturated carbocycles. The molecule has 0 amide bonds. The molecule has 1 heterocycles. The summed E-state index contributed by atoms with van der Waals surface area (Å²) in [6, 6.07) is 18.9. The number of carbonyl (C=O) groups is 1. The number of ether oxygens (including phenoxy) is 1. The fourth-order valence-corrected chi connectivity index (χ4v) is 6.31. The summed E-state index contributed by atoms with van der Waals surface area (Å²) in [5.74, 6) is -13.0. The third-order valence-electron chi connectivity index (χ3n) is 8.75. The van der Waals surface area contributed by atoms with Gasteiger partial charge >= 0.3 is 41.2 Å². The number of hydrogen-bond acceptors (Lipinski definition) is 8. The van der Waals surface area contributed by atoms with Crippen LogP contribution in [0.5, 0.6) is 5.75 Å². The van der Waals surface area contributed by atoms with E-state index in [-0.39, 0.29) is 35.1 Å². The Balaban J connectivity index is 0.00000673. The maximum Gasteiger partial charge on any atom is 1.00 e. The molecule has 0 aliphatic carbocycles. The molecule has 0 bridgehead atoms. The van der Waals surface area contributed by atoms with Gasteiger partial charge in [-0.3, -0.25) is 0 Å². The van der Waals surface area contributed by atoms with E-state index in [2.05, 4.69) is 29.6 Å². The second-order valence-electron chi connectivity index (χ2n) is 12.5. The van der Waals surface area contributed by atoms with Crippen molar-refractivity contribution in [2.75, 3.05) is 18.0 Å². The van der Waals surface area contributed by atoms with Crippen molar-refractivity contribution in [1.82, 2.24) is 0 Å². The zero-order valence-corrected chi connectivity index (χ0v) is 33.4. The van der Waals surface area contributed by atoms with Crippen LogP contribution < -0.4 is 44.8 Å². The second-order valence-corrected chi connectivity index (χ2v) is 13.8. The van der Waals surface area contributed by atoms with Gasteiger partial charge in [-0.2, -0.15) is 8.78 Å². The molecule has 0 unspecified atom stereocenters. The number of rotatable bonds is 14.